The number of carbonyl (C=O) groups is 1. The van der Waals surface area contributed by atoms with Crippen LogP contribution in [0, 0.1) is 0 Å². The quantitative estimate of drug-likeness (QED) is 0.714. The minimum atomic E-state index is -0.0322. The van der Waals surface area contributed by atoms with Gasteiger partial charge in [0, 0.05) is 19.0 Å². The first-order valence-electron chi connectivity index (χ1n) is 6.84. The number of carbonyl (C=O) groups excluding carboxylic acids is 1. The van der Waals surface area contributed by atoms with E-state index in [9.17, 15) is 4.79 Å². The van der Waals surface area contributed by atoms with Gasteiger partial charge in [-0.2, -0.15) is 0 Å². The fraction of sp³-hybridized carbons (Fsp3) is 0.467. The number of hydrogen-bond donors (Lipinski definition) is 2. The van der Waals surface area contributed by atoms with Crippen LogP contribution in [0.25, 0.3) is 0 Å². The molecule has 1 unspecified atom stereocenters. The van der Waals surface area contributed by atoms with Crippen LogP contribution in [0.2, 0.25) is 0 Å². The van der Waals surface area contributed by atoms with Crippen molar-refractivity contribution in [3.8, 4) is 0 Å². The average molecular weight is 293 g/mol. The van der Waals surface area contributed by atoms with Gasteiger partial charge in [-0.15, -0.1) is 0 Å². The van der Waals surface area contributed by atoms with Crippen molar-refractivity contribution in [2.75, 3.05) is 26.7 Å². The summed E-state index contributed by atoms with van der Waals surface area (Å²) in [7, 11) is 1.90. The van der Waals surface area contributed by atoms with Gasteiger partial charge in [-0.1, -0.05) is 49.5 Å². The molecule has 0 bridgehead atoms. The van der Waals surface area contributed by atoms with E-state index in [4.69, 9.17) is 18.0 Å². The molecule has 5 heteroatoms. The Kier molecular flexibility index (Phi) is 7.18. The Hall–Kier alpha value is -1.46. The van der Waals surface area contributed by atoms with Gasteiger partial charge in [0.25, 0.3) is 0 Å². The third-order valence-electron chi connectivity index (χ3n) is 3.03. The van der Waals surface area contributed by atoms with Gasteiger partial charge in [0.15, 0.2) is 0 Å². The van der Waals surface area contributed by atoms with Crippen LogP contribution >= 0.6 is 12.2 Å². The lowest BCUT2D eigenvalue weighted by atomic mass is 9.98. The molecular formula is C15H23N3OS. The molecule has 1 atom stereocenters. The second-order valence-electron chi connectivity index (χ2n) is 4.91. The van der Waals surface area contributed by atoms with E-state index in [-0.39, 0.29) is 11.8 Å². The summed E-state index contributed by atoms with van der Waals surface area (Å²) in [5.41, 5.74) is 6.92. The molecule has 4 nitrogen and oxygen atoms in total. The van der Waals surface area contributed by atoms with Crippen LogP contribution in [0.4, 0.5) is 0 Å². The molecule has 110 valence electrons. The highest BCUT2D eigenvalue weighted by molar-refractivity contribution is 7.80. The lowest BCUT2D eigenvalue weighted by Crippen LogP contribution is -2.39. The molecule has 1 aromatic carbocycles. The fourth-order valence-electron chi connectivity index (χ4n) is 1.99. The molecule has 0 saturated heterocycles. The van der Waals surface area contributed by atoms with Gasteiger partial charge < -0.3 is 11.1 Å². The smallest absolute Gasteiger partial charge is 0.234 e. The van der Waals surface area contributed by atoms with E-state index in [0.717, 1.165) is 12.0 Å². The third-order valence-corrected chi connectivity index (χ3v) is 3.31. The number of thiocarbonyl (C=S) groups is 1. The van der Waals surface area contributed by atoms with Gasteiger partial charge in [0.2, 0.25) is 5.91 Å². The Bertz CT molecular complexity index is 436. The molecule has 20 heavy (non-hydrogen) atoms. The zero-order valence-electron chi connectivity index (χ0n) is 12.1. The SMILES string of the molecule is CCCNC(=O)CN(C)CC(C(N)=S)c1ccccc1. The summed E-state index contributed by atoms with van der Waals surface area (Å²) in [4.78, 5) is 14.1. The van der Waals surface area contributed by atoms with Crippen molar-refractivity contribution in [3.63, 3.8) is 0 Å². The Labute approximate surface area is 126 Å². The number of amides is 1. The number of benzene rings is 1. The van der Waals surface area contributed by atoms with Gasteiger partial charge >= 0.3 is 0 Å². The molecule has 1 rings (SSSR count). The second kappa shape index (κ2) is 8.66. The average Bonchev–Trinajstić information content (AvgIpc) is 2.43. The van der Waals surface area contributed by atoms with Crippen molar-refractivity contribution in [2.45, 2.75) is 19.3 Å². The summed E-state index contributed by atoms with van der Waals surface area (Å²) < 4.78 is 0. The monoisotopic (exact) mass is 293 g/mol. The summed E-state index contributed by atoms with van der Waals surface area (Å²) in [5.74, 6) is -0.000670. The Morgan fingerprint density at radius 3 is 2.60 bits per heavy atom. The topological polar surface area (TPSA) is 58.4 Å². The number of hydrogen-bond acceptors (Lipinski definition) is 3. The maximum Gasteiger partial charge on any atom is 0.234 e. The molecule has 3 N–H and O–H groups in total. The first-order chi connectivity index (χ1) is 9.54. The van der Waals surface area contributed by atoms with Gasteiger partial charge in [-0.25, -0.2) is 0 Å². The van der Waals surface area contributed by atoms with Crippen LogP contribution < -0.4 is 11.1 Å². The molecule has 0 radical (unpaired) electrons. The second-order valence-corrected chi connectivity index (χ2v) is 5.38. The van der Waals surface area contributed by atoms with Crippen LogP contribution in [0.3, 0.4) is 0 Å². The van der Waals surface area contributed by atoms with Crippen LogP contribution in [-0.4, -0.2) is 42.5 Å². The van der Waals surface area contributed by atoms with Crippen LogP contribution in [0.1, 0.15) is 24.8 Å². The van der Waals surface area contributed by atoms with Crippen LogP contribution in [0.5, 0.6) is 0 Å². The van der Waals surface area contributed by atoms with Crippen molar-refractivity contribution in [3.05, 3.63) is 35.9 Å². The first kappa shape index (κ1) is 16.6. The molecule has 0 aromatic heterocycles. The molecule has 1 aromatic rings. The van der Waals surface area contributed by atoms with Gasteiger partial charge in [-0.3, -0.25) is 9.69 Å². The van der Waals surface area contributed by atoms with Gasteiger partial charge in [0.05, 0.1) is 11.5 Å². The van der Waals surface area contributed by atoms with Gasteiger partial charge in [0.1, 0.15) is 0 Å². The lowest BCUT2D eigenvalue weighted by Gasteiger charge is -2.23. The zero-order valence-corrected chi connectivity index (χ0v) is 13.0. The summed E-state index contributed by atoms with van der Waals surface area (Å²) in [6.45, 7) is 3.73. The number of nitrogens with one attached hydrogen (secondary N) is 1. The maximum atomic E-state index is 11.7. The van der Waals surface area contributed by atoms with Crippen molar-refractivity contribution < 1.29 is 4.79 Å². The van der Waals surface area contributed by atoms with Crippen molar-refractivity contribution >= 4 is 23.1 Å². The van der Waals surface area contributed by atoms with E-state index in [0.29, 0.717) is 24.6 Å². The Morgan fingerprint density at radius 1 is 1.40 bits per heavy atom. The predicted molar refractivity (Wildman–Crippen MR) is 86.8 cm³/mol. The number of rotatable bonds is 8. The fourth-order valence-corrected chi connectivity index (χ4v) is 2.20. The minimum Gasteiger partial charge on any atom is -0.393 e. The summed E-state index contributed by atoms with van der Waals surface area (Å²) in [6, 6.07) is 9.91. The van der Waals surface area contributed by atoms with Crippen molar-refractivity contribution in [2.24, 2.45) is 5.73 Å². The third kappa shape index (κ3) is 5.67. The van der Waals surface area contributed by atoms with Gasteiger partial charge in [-0.05, 0) is 19.0 Å². The molecule has 0 heterocycles. The first-order valence-corrected chi connectivity index (χ1v) is 7.25. The Balaban J connectivity index is 2.58. The van der Waals surface area contributed by atoms with E-state index < -0.39 is 0 Å². The van der Waals surface area contributed by atoms with E-state index >= 15 is 0 Å². The van der Waals surface area contributed by atoms with Crippen molar-refractivity contribution in [1.29, 1.82) is 0 Å². The highest BCUT2D eigenvalue weighted by Gasteiger charge is 2.18. The maximum absolute atomic E-state index is 11.7. The number of nitrogens with zero attached hydrogens (tertiary/aromatic N) is 1. The largest absolute Gasteiger partial charge is 0.393 e. The molecule has 0 aliphatic carbocycles. The molecule has 0 spiro atoms. The van der Waals surface area contributed by atoms with E-state index in [1.54, 1.807) is 0 Å². The normalized spacial score (nSPS) is 12.2. The zero-order chi connectivity index (χ0) is 15.0. The van der Waals surface area contributed by atoms with Crippen LogP contribution in [-0.2, 0) is 4.79 Å². The molecule has 0 aliphatic heterocycles. The highest BCUT2D eigenvalue weighted by atomic mass is 32.1. The lowest BCUT2D eigenvalue weighted by molar-refractivity contribution is -0.121. The van der Waals surface area contributed by atoms with Crippen LogP contribution in [0.15, 0.2) is 30.3 Å². The van der Waals surface area contributed by atoms with E-state index in [2.05, 4.69) is 5.32 Å². The standard InChI is InChI=1S/C15H23N3OS/c1-3-9-17-14(19)11-18(2)10-13(15(16)20)12-7-5-4-6-8-12/h4-8,13H,3,9-11H2,1-2H3,(H2,16,20)(H,17,19). The number of likely N-dealkylation sites (N-methyl/N-ethyl adjacent to an activating group) is 1. The molecule has 1 amide bonds. The Morgan fingerprint density at radius 2 is 2.05 bits per heavy atom. The van der Waals surface area contributed by atoms with E-state index in [1.165, 1.54) is 0 Å². The molecule has 0 aliphatic rings. The predicted octanol–water partition coefficient (Wildman–Crippen LogP) is 1.51. The molecule has 0 saturated carbocycles. The minimum absolute atomic E-state index is 0.0316. The molecular weight excluding hydrogens is 270 g/mol. The molecule has 0 fully saturated rings. The summed E-state index contributed by atoms with van der Waals surface area (Å²) in [6.07, 6.45) is 0.939. The summed E-state index contributed by atoms with van der Waals surface area (Å²) >= 11 is 5.15. The van der Waals surface area contributed by atoms with Crippen molar-refractivity contribution in [1.82, 2.24) is 10.2 Å². The van der Waals surface area contributed by atoms with E-state index in [1.807, 2.05) is 49.2 Å². The summed E-state index contributed by atoms with van der Waals surface area (Å²) in [5, 5.41) is 2.86. The highest BCUT2D eigenvalue weighted by Crippen LogP contribution is 2.16. The number of nitrogens with two attached hydrogens (primary N) is 1.